The average Bonchev–Trinajstić information content (AvgIpc) is 1.71. The van der Waals surface area contributed by atoms with E-state index in [0.29, 0.717) is 76.4 Å². The number of guanidine groups is 1. The molecule has 3 rings (SSSR count). The highest BCUT2D eigenvalue weighted by Gasteiger charge is 2.31. The Balaban J connectivity index is 1.36. The van der Waals surface area contributed by atoms with Crippen LogP contribution in [0.5, 0.6) is 5.75 Å². The van der Waals surface area contributed by atoms with E-state index in [1.165, 1.54) is 26.0 Å². The molecule has 12 amide bonds. The minimum absolute atomic E-state index is 0.0115. The van der Waals surface area contributed by atoms with Crippen molar-refractivity contribution < 1.29 is 62.6 Å². The number of nitrogens with one attached hydrogen (secondary N) is 12. The van der Waals surface area contributed by atoms with Gasteiger partial charge in [0.1, 0.15) is 48.0 Å². The Morgan fingerprint density at radius 1 is 0.480 bits per heavy atom. The van der Waals surface area contributed by atoms with Gasteiger partial charge >= 0.3 is 0 Å². The number of fused-ring (bicyclic) bond motifs is 1. The topological polar surface area (TPSA) is 516 Å². The zero-order valence-corrected chi connectivity index (χ0v) is 57.6. The van der Waals surface area contributed by atoms with Gasteiger partial charge in [-0.2, -0.15) is 0 Å². The van der Waals surface area contributed by atoms with Crippen LogP contribution >= 0.6 is 0 Å². The third-order valence-electron chi connectivity index (χ3n) is 15.7. The van der Waals surface area contributed by atoms with Gasteiger partial charge in [0, 0.05) is 69.0 Å². The van der Waals surface area contributed by atoms with Crippen molar-refractivity contribution in [2.24, 2.45) is 45.5 Å². The second kappa shape index (κ2) is 45.2. The first-order valence-electron chi connectivity index (χ1n) is 33.9. The molecular formula is C67H108N18O13. The fourth-order valence-electron chi connectivity index (χ4n) is 10.3. The van der Waals surface area contributed by atoms with Gasteiger partial charge in [0.2, 0.25) is 70.9 Å². The standard InChI is InChI=1S/C67H108N18O13/c1-40(2)34-52(59(70)91)84-65(97)53(35-41(3)4)82-58(90)39-78-60(92)42(5)79-61(93)43(6)80-64(96)51(21-17-33-76-67(71)72)81-57(89)24-12-15-31-74-55(87)22-10-14-30-73-56(88)23-11-16-32-75-63(95)50(20-9-13-29-68)83-66(98)54(36-44-25-27-46(86)28-26-44)85-62(94)48(69)37-45-38-77-49-19-8-7-18-47(45)49/h7-8,18-19,25-28,38,40-43,48,50-54,77,86H,9-17,20-24,29-37,39,68-69H2,1-6H3,(H2,70,91)(H,73,88)(H,74,87)(H,75,95)(H,78,92)(H,79,93)(H,80,96)(H,81,89)(H,82,90)(H,83,98)(H,84,97)(H,85,94)(H4,71,72,76)/t42-,43+,48-,50-,51-,52-,53-,54-/m0/s1. The molecule has 0 fully saturated rings. The van der Waals surface area contributed by atoms with Gasteiger partial charge in [-0.3, -0.25) is 62.5 Å². The monoisotopic (exact) mass is 1370 g/mol. The maximum Gasteiger partial charge on any atom is 0.243 e. The number of rotatable bonds is 48. The minimum Gasteiger partial charge on any atom is -0.508 e. The summed E-state index contributed by atoms with van der Waals surface area (Å²) in [5.41, 5.74) is 30.9. The van der Waals surface area contributed by atoms with Crippen LogP contribution in [0.15, 0.2) is 59.7 Å². The third kappa shape index (κ3) is 33.5. The highest BCUT2D eigenvalue weighted by molar-refractivity contribution is 5.97. The van der Waals surface area contributed by atoms with Crippen LogP contribution in [-0.2, 0) is 70.4 Å². The lowest BCUT2D eigenvalue weighted by Gasteiger charge is -2.24. The molecule has 0 spiro atoms. The van der Waals surface area contributed by atoms with Crippen molar-refractivity contribution in [3.05, 3.63) is 65.9 Å². The molecule has 31 heteroatoms. The summed E-state index contributed by atoms with van der Waals surface area (Å²) >= 11 is 0. The van der Waals surface area contributed by atoms with Crippen LogP contribution in [-0.4, -0.2) is 175 Å². The van der Waals surface area contributed by atoms with E-state index in [0.717, 1.165) is 16.5 Å². The molecule has 0 aliphatic rings. The van der Waals surface area contributed by atoms with Crippen LogP contribution in [0.1, 0.15) is 155 Å². The van der Waals surface area contributed by atoms with E-state index in [2.05, 4.69) is 68.5 Å². The Labute approximate surface area is 573 Å². The van der Waals surface area contributed by atoms with Crippen LogP contribution in [0.3, 0.4) is 0 Å². The summed E-state index contributed by atoms with van der Waals surface area (Å²) in [6.07, 6.45) is 7.58. The van der Waals surface area contributed by atoms with Gasteiger partial charge in [0.05, 0.1) is 12.6 Å². The minimum atomic E-state index is -1.18. The number of phenolic OH excluding ortho intramolecular Hbond substituents is 1. The van der Waals surface area contributed by atoms with Crippen molar-refractivity contribution in [3.63, 3.8) is 0 Å². The number of amides is 12. The summed E-state index contributed by atoms with van der Waals surface area (Å²) < 4.78 is 0. The van der Waals surface area contributed by atoms with Gasteiger partial charge in [-0.25, -0.2) is 0 Å². The number of hydrogen-bond acceptors (Lipinski definition) is 16. The summed E-state index contributed by atoms with van der Waals surface area (Å²) in [6.45, 7) is 11.0. The molecule has 2 aromatic carbocycles. The fraction of sp³-hybridized carbons (Fsp3) is 0.597. The van der Waals surface area contributed by atoms with E-state index in [-0.39, 0.29) is 113 Å². The largest absolute Gasteiger partial charge is 0.508 e. The van der Waals surface area contributed by atoms with E-state index < -0.39 is 114 Å². The SMILES string of the molecule is CC(C)C[C@H](NC(=O)[C@H](CC(C)C)NC(=O)CNC(=O)[C@H](C)NC(=O)[C@@H](C)NC(=O)[C@H](CCCN=C(N)N)NC(=O)CCCCNC(=O)CCCCNC(=O)CCCCNC(=O)[C@H](CCCCN)NC(=O)[C@H](Cc1ccc(O)cc1)NC(=O)[C@@H](N)Cc1c[nH]c2ccccc12)C(N)=O. The molecule has 23 N–H and O–H groups in total. The Morgan fingerprint density at radius 2 is 0.990 bits per heavy atom. The van der Waals surface area contributed by atoms with E-state index >= 15 is 0 Å². The summed E-state index contributed by atoms with van der Waals surface area (Å²) in [7, 11) is 0. The molecule has 0 unspecified atom stereocenters. The van der Waals surface area contributed by atoms with E-state index in [1.807, 2.05) is 52.0 Å². The van der Waals surface area contributed by atoms with Crippen LogP contribution in [0.25, 0.3) is 10.9 Å². The number of aromatic hydroxyl groups is 1. The van der Waals surface area contributed by atoms with Crippen molar-refractivity contribution in [2.75, 3.05) is 39.3 Å². The molecule has 8 atom stereocenters. The number of carbonyl (C=O) groups is 12. The number of H-pyrrole nitrogens is 1. The lowest BCUT2D eigenvalue weighted by Crippen LogP contribution is -2.56. The molecule has 1 aromatic heterocycles. The van der Waals surface area contributed by atoms with Crippen molar-refractivity contribution in [1.82, 2.24) is 63.5 Å². The zero-order chi connectivity index (χ0) is 72.7. The molecule has 3 aromatic rings. The number of aromatic amines is 1. The lowest BCUT2D eigenvalue weighted by atomic mass is 10.0. The van der Waals surface area contributed by atoms with Crippen LogP contribution in [0, 0.1) is 11.8 Å². The molecule has 0 aliphatic carbocycles. The van der Waals surface area contributed by atoms with Gasteiger partial charge in [0.25, 0.3) is 0 Å². The van der Waals surface area contributed by atoms with Crippen LogP contribution in [0.4, 0.5) is 0 Å². The first-order chi connectivity index (χ1) is 46.6. The number of aliphatic imine (C=N–C) groups is 1. The van der Waals surface area contributed by atoms with Crippen molar-refractivity contribution in [1.29, 1.82) is 0 Å². The van der Waals surface area contributed by atoms with Gasteiger partial charge in [-0.05, 0) is 151 Å². The number of nitrogens with two attached hydrogens (primary N) is 5. The molecule has 0 bridgehead atoms. The van der Waals surface area contributed by atoms with E-state index in [9.17, 15) is 62.6 Å². The van der Waals surface area contributed by atoms with Gasteiger partial charge < -0.3 is 97.2 Å². The number of nitrogens with zero attached hydrogens (tertiary/aromatic N) is 1. The molecule has 1 heterocycles. The number of primary amides is 1. The van der Waals surface area contributed by atoms with Gasteiger partial charge in [-0.15, -0.1) is 0 Å². The molecule has 98 heavy (non-hydrogen) atoms. The molecule has 0 radical (unpaired) electrons. The number of benzene rings is 2. The Bertz CT molecular complexity index is 3100. The van der Waals surface area contributed by atoms with Gasteiger partial charge in [-0.1, -0.05) is 58.0 Å². The second-order valence-electron chi connectivity index (χ2n) is 25.4. The fourth-order valence-corrected chi connectivity index (χ4v) is 10.3. The molecule has 0 aliphatic heterocycles. The van der Waals surface area contributed by atoms with E-state index in [1.54, 1.807) is 18.3 Å². The Morgan fingerprint density at radius 3 is 1.59 bits per heavy atom. The molecule has 544 valence electrons. The van der Waals surface area contributed by atoms with Crippen molar-refractivity contribution in [2.45, 2.75) is 205 Å². The average molecular weight is 1370 g/mol. The Kier molecular flexibility index (Phi) is 38.2. The highest BCUT2D eigenvalue weighted by Crippen LogP contribution is 2.20. The normalized spacial score (nSPS) is 13.6. The highest BCUT2D eigenvalue weighted by atomic mass is 16.3. The quantitative estimate of drug-likeness (QED) is 0.0186. The molecule has 0 saturated heterocycles. The summed E-state index contributed by atoms with van der Waals surface area (Å²) in [4.78, 5) is 164. The Hall–Kier alpha value is -9.39. The summed E-state index contributed by atoms with van der Waals surface area (Å²) in [6, 6.07) is 5.35. The number of aromatic nitrogens is 1. The number of hydrogen-bond donors (Lipinski definition) is 18. The zero-order valence-electron chi connectivity index (χ0n) is 57.6. The summed E-state index contributed by atoms with van der Waals surface area (Å²) in [5.74, 6) is -6.75. The molecule has 0 saturated carbocycles. The third-order valence-corrected chi connectivity index (χ3v) is 15.7. The first-order valence-corrected chi connectivity index (χ1v) is 33.9. The van der Waals surface area contributed by atoms with Crippen LogP contribution < -0.4 is 87.2 Å². The summed E-state index contributed by atoms with van der Waals surface area (Å²) in [5, 5.41) is 40.3. The van der Waals surface area contributed by atoms with Crippen molar-refractivity contribution in [3.8, 4) is 5.75 Å². The lowest BCUT2D eigenvalue weighted by molar-refractivity contribution is -0.134. The number of unbranched alkanes of at least 4 members (excludes halogenated alkanes) is 4. The predicted molar refractivity (Wildman–Crippen MR) is 371 cm³/mol. The first kappa shape index (κ1) is 82.8. The maximum atomic E-state index is 14.0. The van der Waals surface area contributed by atoms with Crippen molar-refractivity contribution >= 4 is 87.7 Å². The number of carbonyl (C=O) groups excluding carboxylic acids is 12. The molecular weight excluding hydrogens is 1260 g/mol. The van der Waals surface area contributed by atoms with Crippen LogP contribution in [0.2, 0.25) is 0 Å². The number of para-hydroxylation sites is 1. The maximum absolute atomic E-state index is 14.0. The van der Waals surface area contributed by atoms with Gasteiger partial charge in [0.15, 0.2) is 5.96 Å². The van der Waals surface area contributed by atoms with E-state index in [4.69, 9.17) is 28.7 Å². The smallest absolute Gasteiger partial charge is 0.243 e. The second-order valence-corrected chi connectivity index (χ2v) is 25.4. The predicted octanol–water partition coefficient (Wildman–Crippen LogP) is -0.845. The molecule has 31 nitrogen and oxygen atoms in total. The number of phenols is 1.